The molecule has 0 radical (unpaired) electrons. The number of carbonyl (C=O) groups is 5. The summed E-state index contributed by atoms with van der Waals surface area (Å²) in [5.74, 6) is -4.02. The topological polar surface area (TPSA) is 358 Å². The standard InChI is InChI=1S/C45H55N3O13S2.2O3S/c1-7-12-35(49)28-22-29(36(50)13-8-2)40-34(24-28)48(19-11-21-63(59,60)61)38(45(40,5)6)26-31-41(53)30(42(31)54)25-37-44(3,4)32-23-27(43(55)46-17-9-14-39(51)52)15-16-33(32)47(37)18-10-20-62(56,57)58;2*1-4(2)3/h15-16,22-26H,7-14,17-21H2,1-6H3,(H4-,46,51,52,53,54,55,56,57,58,59,60,61);;. The number of hydrogen-bond acceptors (Lipinski definition) is 18. The minimum Gasteiger partial charge on any atom is -0.748 e. The third-order valence-electron chi connectivity index (χ3n) is 11.7. The fourth-order valence-electron chi connectivity index (χ4n) is 8.55. The highest BCUT2D eigenvalue weighted by atomic mass is 32.2. The lowest BCUT2D eigenvalue weighted by molar-refractivity contribution is -0.437. The maximum atomic E-state index is 14.2. The number of carboxylic acids is 1. The lowest BCUT2D eigenvalue weighted by atomic mass is 9.76. The summed E-state index contributed by atoms with van der Waals surface area (Å²) in [4.78, 5) is 66.9. The van der Waals surface area contributed by atoms with Gasteiger partial charge in [0.1, 0.15) is 12.3 Å². The lowest BCUT2D eigenvalue weighted by Crippen LogP contribution is -2.33. The molecule has 4 N–H and O–H groups in total. The van der Waals surface area contributed by atoms with Gasteiger partial charge >= 0.3 is 27.2 Å². The van der Waals surface area contributed by atoms with E-state index in [1.165, 1.54) is 12.2 Å². The van der Waals surface area contributed by atoms with Crippen LogP contribution in [0.25, 0.3) is 0 Å². The Balaban J connectivity index is 0.00000154. The van der Waals surface area contributed by atoms with E-state index in [0.29, 0.717) is 57.9 Å². The van der Waals surface area contributed by atoms with E-state index in [9.17, 15) is 55.0 Å². The third-order valence-corrected chi connectivity index (χ3v) is 13.3. The minimum atomic E-state index is -4.61. The molecule has 3 aliphatic rings. The number of carbonyl (C=O) groups excluding carboxylic acids is 4. The largest absolute Gasteiger partial charge is 0.748 e. The van der Waals surface area contributed by atoms with Gasteiger partial charge in [-0.2, -0.15) is 13.0 Å². The number of aliphatic hydroxyl groups excluding tert-OH is 1. The Kier molecular flexibility index (Phi) is 20.3. The first-order valence-electron chi connectivity index (χ1n) is 22.0. The smallest absolute Gasteiger partial charge is 0.425 e. The van der Waals surface area contributed by atoms with Gasteiger partial charge in [-0.3, -0.25) is 28.5 Å². The van der Waals surface area contributed by atoms with Gasteiger partial charge in [0, 0.05) is 95.7 Å². The van der Waals surface area contributed by atoms with Crippen molar-refractivity contribution in [2.24, 2.45) is 0 Å². The van der Waals surface area contributed by atoms with Gasteiger partial charge in [0.15, 0.2) is 17.3 Å². The zero-order valence-corrected chi connectivity index (χ0v) is 42.9. The van der Waals surface area contributed by atoms with Crippen LogP contribution in [0, 0.1) is 0 Å². The molecule has 22 nitrogen and oxygen atoms in total. The molecule has 2 aromatic carbocycles. The molecule has 0 spiro atoms. The molecule has 0 bridgehead atoms. The van der Waals surface area contributed by atoms with E-state index >= 15 is 0 Å². The van der Waals surface area contributed by atoms with E-state index in [-0.39, 0.29) is 92.2 Å². The van der Waals surface area contributed by atoms with Crippen LogP contribution in [-0.4, -0.2) is 132 Å². The van der Waals surface area contributed by atoms with Gasteiger partial charge in [0.2, 0.25) is 11.5 Å². The normalized spacial score (nSPS) is 16.6. The maximum Gasteiger partial charge on any atom is 0.425 e. The first kappa shape index (κ1) is 59.2. The number of aliphatic hydroxyl groups is 1. The summed E-state index contributed by atoms with van der Waals surface area (Å²) in [7, 11) is -15.2. The molecule has 0 aromatic heterocycles. The van der Waals surface area contributed by atoms with Crippen LogP contribution in [0.5, 0.6) is 0 Å². The fourth-order valence-corrected chi connectivity index (χ4v) is 9.53. The molecule has 71 heavy (non-hydrogen) atoms. The van der Waals surface area contributed by atoms with Crippen molar-refractivity contribution in [3.63, 3.8) is 0 Å². The predicted octanol–water partition coefficient (Wildman–Crippen LogP) is 3.83. The Bertz CT molecular complexity index is 3060. The molecule has 2 aliphatic heterocycles. The fraction of sp³-hybridized carbons (Fsp3) is 0.467. The minimum absolute atomic E-state index is 0.0203. The number of amides is 1. The molecular formula is C45H55N3O19S4. The van der Waals surface area contributed by atoms with Crippen LogP contribution in [0.2, 0.25) is 0 Å². The number of hydrogen-bond donors (Lipinski definition) is 4. The summed E-state index contributed by atoms with van der Waals surface area (Å²) in [5, 5.41) is 23.3. The Morgan fingerprint density at radius 2 is 1.39 bits per heavy atom. The Labute approximate surface area is 413 Å². The Morgan fingerprint density at radius 3 is 1.93 bits per heavy atom. The number of rotatable bonds is 21. The van der Waals surface area contributed by atoms with Crippen molar-refractivity contribution < 1.29 is 90.0 Å². The second-order valence-corrected chi connectivity index (χ2v) is 21.4. The van der Waals surface area contributed by atoms with Crippen molar-refractivity contribution in [2.45, 2.75) is 104 Å². The van der Waals surface area contributed by atoms with E-state index in [1.54, 1.807) is 39.8 Å². The number of fused-ring (bicyclic) bond motifs is 2. The molecule has 388 valence electrons. The van der Waals surface area contributed by atoms with Gasteiger partial charge < -0.3 is 25.0 Å². The Morgan fingerprint density at radius 1 is 0.803 bits per heavy atom. The molecule has 0 atom stereocenters. The van der Waals surface area contributed by atoms with Gasteiger partial charge in [-0.25, -0.2) is 8.42 Å². The zero-order chi connectivity index (χ0) is 54.0. The first-order valence-corrected chi connectivity index (χ1v) is 27.2. The van der Waals surface area contributed by atoms with Crippen LogP contribution in [-0.2, 0) is 61.9 Å². The van der Waals surface area contributed by atoms with Crippen molar-refractivity contribution in [1.29, 1.82) is 0 Å². The molecule has 2 heterocycles. The van der Waals surface area contributed by atoms with Gasteiger partial charge in [-0.1, -0.05) is 27.7 Å². The molecule has 2 aromatic rings. The molecule has 1 amide bonds. The molecule has 1 aliphatic carbocycles. The van der Waals surface area contributed by atoms with Gasteiger partial charge in [0.05, 0.1) is 32.4 Å². The number of benzene rings is 2. The van der Waals surface area contributed by atoms with E-state index < -0.39 is 81.4 Å². The van der Waals surface area contributed by atoms with Crippen molar-refractivity contribution in [3.8, 4) is 0 Å². The molecule has 0 fully saturated rings. The second kappa shape index (κ2) is 24.4. The number of ketones is 3. The summed E-state index contributed by atoms with van der Waals surface area (Å²) in [6.07, 6.45) is 4.44. The molecule has 0 saturated carbocycles. The van der Waals surface area contributed by atoms with Crippen LogP contribution in [0.3, 0.4) is 0 Å². The van der Waals surface area contributed by atoms with Crippen LogP contribution in [0.15, 0.2) is 65.1 Å². The number of nitrogens with zero attached hydrogens (tertiary/aromatic N) is 2. The van der Waals surface area contributed by atoms with E-state index in [2.05, 4.69) is 5.32 Å². The summed E-state index contributed by atoms with van der Waals surface area (Å²) in [6, 6.07) is 8.12. The summed E-state index contributed by atoms with van der Waals surface area (Å²) < 4.78 is 120. The van der Waals surface area contributed by atoms with E-state index in [1.807, 2.05) is 41.5 Å². The highest BCUT2D eigenvalue weighted by Gasteiger charge is 2.48. The maximum absolute atomic E-state index is 14.2. The zero-order valence-electron chi connectivity index (χ0n) is 39.6. The number of carboxylic acid groups (broad SMARTS) is 1. The SMILES string of the molecule is CCCC(=O)c1cc(C(=O)CCC)c2c(c1)N(CCCS(=O)(=O)[O-])C(=CC1=C(O)C(=CC3=[N+](CCCS(=O)(=O)O)c4ccc(C(=O)NCCCC(=O)O)cc4C3(C)C)C1=O)C2(C)C.O=S(=O)=O.O=S(=O)=O. The molecule has 5 rings (SSSR count). The lowest BCUT2D eigenvalue weighted by Gasteiger charge is -2.29. The van der Waals surface area contributed by atoms with Gasteiger partial charge in [-0.15, -0.1) is 25.3 Å². The summed E-state index contributed by atoms with van der Waals surface area (Å²) in [6.45, 7) is 11.2. The average molecular weight is 1070 g/mol. The van der Waals surface area contributed by atoms with Crippen LogP contribution in [0.4, 0.5) is 11.4 Å². The molecule has 0 saturated heterocycles. The quantitative estimate of drug-likeness (QED) is 0.0453. The van der Waals surface area contributed by atoms with Crippen molar-refractivity contribution in [1.82, 2.24) is 5.32 Å². The second-order valence-electron chi connectivity index (χ2n) is 17.5. The Hall–Kier alpha value is -6.06. The van der Waals surface area contributed by atoms with Crippen LogP contribution >= 0.6 is 0 Å². The molecule has 26 heteroatoms. The number of aliphatic carboxylic acids is 1. The average Bonchev–Trinajstić information content (AvgIpc) is 3.58. The number of allylic oxidation sites excluding steroid dienone is 5. The van der Waals surface area contributed by atoms with Crippen LogP contribution in [0.1, 0.15) is 135 Å². The number of anilines is 1. The van der Waals surface area contributed by atoms with Crippen LogP contribution < -0.4 is 10.2 Å². The van der Waals surface area contributed by atoms with Gasteiger partial charge in [0.25, 0.3) is 16.0 Å². The van der Waals surface area contributed by atoms with Crippen molar-refractivity contribution >= 4 is 87.8 Å². The van der Waals surface area contributed by atoms with Crippen molar-refractivity contribution in [2.75, 3.05) is 36.0 Å². The summed E-state index contributed by atoms with van der Waals surface area (Å²) in [5.41, 5.74) is 1.90. The van der Waals surface area contributed by atoms with Crippen molar-refractivity contribution in [3.05, 3.63) is 92.9 Å². The molecular weight excluding hydrogens is 1010 g/mol. The summed E-state index contributed by atoms with van der Waals surface area (Å²) >= 11 is 0. The monoisotopic (exact) mass is 1070 g/mol. The first-order chi connectivity index (χ1) is 32.8. The number of nitrogens with one attached hydrogen (secondary N) is 1. The molecule has 0 unspecified atom stereocenters. The number of Topliss-reactive ketones (excluding diaryl/α,β-unsaturated/α-hetero) is 3. The third kappa shape index (κ3) is 15.5. The van der Waals surface area contributed by atoms with E-state index in [0.717, 1.165) is 0 Å². The van der Waals surface area contributed by atoms with E-state index in [4.69, 9.17) is 30.4 Å². The highest BCUT2D eigenvalue weighted by molar-refractivity contribution is 7.85. The highest BCUT2D eigenvalue weighted by Crippen LogP contribution is 2.52. The van der Waals surface area contributed by atoms with Gasteiger partial charge in [-0.05, 0) is 75.4 Å². The predicted molar refractivity (Wildman–Crippen MR) is 254 cm³/mol.